The molecule has 1 aromatic heterocycles. The zero-order valence-electron chi connectivity index (χ0n) is 11.9. The molecule has 110 valence electrons. The zero-order chi connectivity index (χ0) is 14.8. The van der Waals surface area contributed by atoms with E-state index in [1.54, 1.807) is 6.07 Å². The number of anilines is 1. The molecule has 5 nitrogen and oxygen atoms in total. The summed E-state index contributed by atoms with van der Waals surface area (Å²) in [6, 6.07) is 9.34. The van der Waals surface area contributed by atoms with Crippen LogP contribution >= 0.6 is 0 Å². The minimum atomic E-state index is -1.02. The van der Waals surface area contributed by atoms with E-state index in [1.165, 1.54) is 0 Å². The van der Waals surface area contributed by atoms with Gasteiger partial charge in [0, 0.05) is 12.0 Å². The average molecular weight is 286 g/mol. The summed E-state index contributed by atoms with van der Waals surface area (Å²) in [4.78, 5) is 15.5. The second-order valence-corrected chi connectivity index (χ2v) is 5.37. The van der Waals surface area contributed by atoms with Gasteiger partial charge in [0.25, 0.3) is 0 Å². The molecule has 2 N–H and O–H groups in total. The molecule has 1 aliphatic rings. The third-order valence-electron chi connectivity index (χ3n) is 3.85. The lowest BCUT2D eigenvalue weighted by atomic mass is 10.1. The average Bonchev–Trinajstić information content (AvgIpc) is 3.01. The van der Waals surface area contributed by atoms with Crippen molar-refractivity contribution in [2.24, 2.45) is 0 Å². The van der Waals surface area contributed by atoms with E-state index in [4.69, 9.17) is 4.74 Å². The Balaban J connectivity index is 1.97. The van der Waals surface area contributed by atoms with Crippen LogP contribution in [0.25, 0.3) is 10.8 Å². The van der Waals surface area contributed by atoms with E-state index in [9.17, 15) is 9.90 Å². The summed E-state index contributed by atoms with van der Waals surface area (Å²) >= 11 is 0. The molecule has 0 amide bonds. The van der Waals surface area contributed by atoms with Gasteiger partial charge in [0.1, 0.15) is 5.82 Å². The Labute approximate surface area is 123 Å². The minimum absolute atomic E-state index is 0.0516. The maximum atomic E-state index is 11.2. The number of aromatic carboxylic acids is 1. The fourth-order valence-corrected chi connectivity index (χ4v) is 2.72. The molecular formula is C16H18N2O3. The predicted octanol–water partition coefficient (Wildman–Crippen LogP) is 2.91. The maximum absolute atomic E-state index is 11.2. The van der Waals surface area contributed by atoms with Crippen LogP contribution in [0.4, 0.5) is 5.82 Å². The lowest BCUT2D eigenvalue weighted by Crippen LogP contribution is -2.30. The van der Waals surface area contributed by atoms with Crippen LogP contribution in [0.2, 0.25) is 0 Å². The molecule has 0 saturated carbocycles. The first kappa shape index (κ1) is 13.8. The molecule has 1 aliphatic heterocycles. The maximum Gasteiger partial charge on any atom is 0.354 e. The normalized spacial score (nSPS) is 19.6. The lowest BCUT2D eigenvalue weighted by Gasteiger charge is -2.21. The number of pyridine rings is 1. The van der Waals surface area contributed by atoms with Gasteiger partial charge < -0.3 is 15.2 Å². The third-order valence-corrected chi connectivity index (χ3v) is 3.85. The summed E-state index contributed by atoms with van der Waals surface area (Å²) in [5.41, 5.74) is 0.0516. The van der Waals surface area contributed by atoms with E-state index in [0.29, 0.717) is 5.82 Å². The van der Waals surface area contributed by atoms with Gasteiger partial charge in [-0.3, -0.25) is 0 Å². The Kier molecular flexibility index (Phi) is 3.75. The van der Waals surface area contributed by atoms with Gasteiger partial charge in [0.05, 0.1) is 12.1 Å². The number of ether oxygens (including phenoxy) is 1. The molecule has 2 atom stereocenters. The minimum Gasteiger partial charge on any atom is -0.477 e. The molecule has 5 heteroatoms. The largest absolute Gasteiger partial charge is 0.477 e. The highest BCUT2D eigenvalue weighted by molar-refractivity contribution is 5.97. The van der Waals surface area contributed by atoms with Crippen molar-refractivity contribution in [1.29, 1.82) is 0 Å². The second-order valence-electron chi connectivity index (χ2n) is 5.37. The molecule has 1 aromatic carbocycles. The Bertz CT molecular complexity index is 666. The van der Waals surface area contributed by atoms with Gasteiger partial charge in [-0.05, 0) is 31.2 Å². The number of nitrogens with zero attached hydrogens (tertiary/aromatic N) is 1. The molecule has 3 rings (SSSR count). The van der Waals surface area contributed by atoms with Crippen LogP contribution in [0, 0.1) is 0 Å². The molecule has 0 bridgehead atoms. The second kappa shape index (κ2) is 5.69. The number of benzene rings is 1. The number of hydrogen-bond donors (Lipinski definition) is 2. The molecule has 0 radical (unpaired) electrons. The summed E-state index contributed by atoms with van der Waals surface area (Å²) in [5.74, 6) is -0.415. The van der Waals surface area contributed by atoms with Crippen molar-refractivity contribution in [1.82, 2.24) is 4.98 Å². The van der Waals surface area contributed by atoms with Gasteiger partial charge in [0.15, 0.2) is 5.69 Å². The van der Waals surface area contributed by atoms with Crippen molar-refractivity contribution < 1.29 is 14.6 Å². The first-order valence-electron chi connectivity index (χ1n) is 7.16. The van der Waals surface area contributed by atoms with E-state index in [1.807, 2.05) is 31.2 Å². The van der Waals surface area contributed by atoms with Crippen LogP contribution in [0.5, 0.6) is 0 Å². The molecule has 21 heavy (non-hydrogen) atoms. The van der Waals surface area contributed by atoms with Crippen molar-refractivity contribution >= 4 is 22.6 Å². The van der Waals surface area contributed by atoms with Crippen LogP contribution in [0.1, 0.15) is 30.3 Å². The van der Waals surface area contributed by atoms with Crippen molar-refractivity contribution in [3.8, 4) is 0 Å². The summed E-state index contributed by atoms with van der Waals surface area (Å²) in [6.07, 6.45) is 2.24. The van der Waals surface area contributed by atoms with Crippen molar-refractivity contribution in [2.45, 2.75) is 31.9 Å². The first-order chi connectivity index (χ1) is 10.1. The fraction of sp³-hybridized carbons (Fsp3) is 0.375. The highest BCUT2D eigenvalue weighted by atomic mass is 16.5. The van der Waals surface area contributed by atoms with E-state index >= 15 is 0 Å². The number of aromatic nitrogens is 1. The summed E-state index contributed by atoms with van der Waals surface area (Å²) < 4.78 is 5.67. The summed E-state index contributed by atoms with van der Waals surface area (Å²) in [7, 11) is 0. The van der Waals surface area contributed by atoms with Crippen LogP contribution in [0.3, 0.4) is 0 Å². The fourth-order valence-electron chi connectivity index (χ4n) is 2.72. The number of carboxylic acids is 1. The van der Waals surface area contributed by atoms with Crippen LogP contribution in [0.15, 0.2) is 30.3 Å². The Morgan fingerprint density at radius 2 is 2.29 bits per heavy atom. The van der Waals surface area contributed by atoms with Crippen LogP contribution in [-0.2, 0) is 4.74 Å². The van der Waals surface area contributed by atoms with Crippen molar-refractivity contribution in [3.63, 3.8) is 0 Å². The number of nitrogens with one attached hydrogen (secondary N) is 1. The number of rotatable bonds is 4. The van der Waals surface area contributed by atoms with Gasteiger partial charge in [-0.2, -0.15) is 0 Å². The van der Waals surface area contributed by atoms with Crippen LogP contribution < -0.4 is 5.32 Å². The Morgan fingerprint density at radius 3 is 3.00 bits per heavy atom. The number of hydrogen-bond acceptors (Lipinski definition) is 4. The van der Waals surface area contributed by atoms with E-state index in [0.717, 1.165) is 30.2 Å². The van der Waals surface area contributed by atoms with Gasteiger partial charge in [-0.1, -0.05) is 24.3 Å². The number of fused-ring (bicyclic) bond motifs is 1. The molecule has 0 aliphatic carbocycles. The topological polar surface area (TPSA) is 71.5 Å². The van der Waals surface area contributed by atoms with Crippen molar-refractivity contribution in [2.75, 3.05) is 11.9 Å². The highest BCUT2D eigenvalue weighted by Gasteiger charge is 2.23. The quantitative estimate of drug-likeness (QED) is 0.904. The van der Waals surface area contributed by atoms with Crippen LogP contribution in [-0.4, -0.2) is 34.8 Å². The zero-order valence-corrected chi connectivity index (χ0v) is 11.9. The van der Waals surface area contributed by atoms with E-state index in [-0.39, 0.29) is 17.8 Å². The molecule has 2 aromatic rings. The third kappa shape index (κ3) is 2.83. The first-order valence-corrected chi connectivity index (χ1v) is 7.16. The molecular weight excluding hydrogens is 268 g/mol. The smallest absolute Gasteiger partial charge is 0.354 e. The lowest BCUT2D eigenvalue weighted by molar-refractivity contribution is 0.0691. The van der Waals surface area contributed by atoms with Gasteiger partial charge in [0.2, 0.25) is 0 Å². The molecule has 1 saturated heterocycles. The summed E-state index contributed by atoms with van der Waals surface area (Å²) in [6.45, 7) is 2.83. The molecule has 2 heterocycles. The van der Waals surface area contributed by atoms with E-state index < -0.39 is 5.97 Å². The van der Waals surface area contributed by atoms with Gasteiger partial charge in [-0.15, -0.1) is 0 Å². The monoisotopic (exact) mass is 286 g/mol. The Morgan fingerprint density at radius 1 is 1.48 bits per heavy atom. The Hall–Kier alpha value is -2.14. The number of carboxylic acid groups (broad SMARTS) is 1. The molecule has 1 fully saturated rings. The standard InChI is InChI=1S/C16H18N2O3/c1-10(14-7-4-8-21-14)17-15-12-6-3-2-5-11(12)9-13(18-15)16(19)20/h2-3,5-6,9-10,14H,4,7-8H2,1H3,(H,17,18)(H,19,20). The van der Waals surface area contributed by atoms with Gasteiger partial charge in [-0.25, -0.2) is 9.78 Å². The van der Waals surface area contributed by atoms with Gasteiger partial charge >= 0.3 is 5.97 Å². The number of carbonyl (C=O) groups is 1. The summed E-state index contributed by atoms with van der Waals surface area (Å²) in [5, 5.41) is 14.3. The van der Waals surface area contributed by atoms with Crippen molar-refractivity contribution in [3.05, 3.63) is 36.0 Å². The van der Waals surface area contributed by atoms with E-state index in [2.05, 4.69) is 10.3 Å². The predicted molar refractivity (Wildman–Crippen MR) is 80.8 cm³/mol. The molecule has 2 unspecified atom stereocenters. The molecule has 0 spiro atoms. The highest BCUT2D eigenvalue weighted by Crippen LogP contribution is 2.25. The SMILES string of the molecule is CC(Nc1nc(C(=O)O)cc2ccccc12)C1CCCO1.